The van der Waals surface area contributed by atoms with Gasteiger partial charge in [-0.2, -0.15) is 0 Å². The largest absolute Gasteiger partial charge is 0.355 e. The first-order chi connectivity index (χ1) is 11.7. The molecule has 0 aromatic heterocycles. The Morgan fingerprint density at radius 2 is 1.92 bits per heavy atom. The number of halogens is 1. The van der Waals surface area contributed by atoms with Gasteiger partial charge in [-0.25, -0.2) is 0 Å². The maximum atomic E-state index is 4.35. The Hall–Kier alpha value is -0.860. The lowest BCUT2D eigenvalue weighted by Crippen LogP contribution is -2.49. The lowest BCUT2D eigenvalue weighted by molar-refractivity contribution is 0.198. The van der Waals surface area contributed by atoms with E-state index in [4.69, 9.17) is 0 Å². The van der Waals surface area contributed by atoms with Crippen molar-refractivity contribution in [3.8, 4) is 0 Å². The minimum atomic E-state index is 0. The summed E-state index contributed by atoms with van der Waals surface area (Å²) in [4.78, 5) is 9.19. The first kappa shape index (κ1) is 22.2. The predicted octanol–water partition coefficient (Wildman–Crippen LogP) is 2.39. The number of aliphatic imine (C=N–C) groups is 1. The van der Waals surface area contributed by atoms with E-state index in [1.165, 1.54) is 18.4 Å². The Kier molecular flexibility index (Phi) is 11.1. The van der Waals surface area contributed by atoms with Crippen LogP contribution in [0.25, 0.3) is 0 Å². The molecule has 0 unspecified atom stereocenters. The van der Waals surface area contributed by atoms with Gasteiger partial charge in [-0.05, 0) is 32.0 Å². The van der Waals surface area contributed by atoms with E-state index >= 15 is 0 Å². The third kappa shape index (κ3) is 8.37. The standard InChI is InChI=1S/C19H33N5.HI/c1-4-23(3)15-12-21-19(20-2)22-18-10-13-24(14-11-18)16-17-8-6-5-7-9-17;/h5-9,18H,4,10-16H2,1-3H3,(H2,20,21,22);1H. The highest BCUT2D eigenvalue weighted by Crippen LogP contribution is 2.13. The van der Waals surface area contributed by atoms with Gasteiger partial charge < -0.3 is 15.5 Å². The summed E-state index contributed by atoms with van der Waals surface area (Å²) in [5.41, 5.74) is 1.40. The van der Waals surface area contributed by atoms with E-state index in [1.54, 1.807) is 0 Å². The summed E-state index contributed by atoms with van der Waals surface area (Å²) in [6.45, 7) is 8.56. The monoisotopic (exact) mass is 459 g/mol. The highest BCUT2D eigenvalue weighted by atomic mass is 127. The van der Waals surface area contributed by atoms with Crippen molar-refractivity contribution < 1.29 is 0 Å². The number of hydrogen-bond donors (Lipinski definition) is 2. The number of likely N-dealkylation sites (N-methyl/N-ethyl adjacent to an activating group) is 1. The summed E-state index contributed by atoms with van der Waals surface area (Å²) < 4.78 is 0. The fourth-order valence-electron chi connectivity index (χ4n) is 2.99. The van der Waals surface area contributed by atoms with Crippen LogP contribution >= 0.6 is 24.0 Å². The van der Waals surface area contributed by atoms with Crippen LogP contribution in [0, 0.1) is 0 Å². The maximum absolute atomic E-state index is 4.35. The molecule has 0 radical (unpaired) electrons. The zero-order chi connectivity index (χ0) is 17.2. The molecule has 1 aliphatic rings. The molecule has 5 nitrogen and oxygen atoms in total. The quantitative estimate of drug-likeness (QED) is 0.374. The van der Waals surface area contributed by atoms with Crippen molar-refractivity contribution in [2.45, 2.75) is 32.4 Å². The topological polar surface area (TPSA) is 42.9 Å². The minimum absolute atomic E-state index is 0. The van der Waals surface area contributed by atoms with Gasteiger partial charge in [0, 0.05) is 45.8 Å². The van der Waals surface area contributed by atoms with Crippen molar-refractivity contribution in [3.63, 3.8) is 0 Å². The van der Waals surface area contributed by atoms with Crippen molar-refractivity contribution in [1.29, 1.82) is 0 Å². The molecule has 6 heteroatoms. The molecular formula is C19H34IN5. The van der Waals surface area contributed by atoms with E-state index in [0.29, 0.717) is 6.04 Å². The van der Waals surface area contributed by atoms with Crippen LogP contribution in [0.2, 0.25) is 0 Å². The Labute approximate surface area is 170 Å². The molecule has 1 fully saturated rings. The molecule has 2 rings (SSSR count). The summed E-state index contributed by atoms with van der Waals surface area (Å²) in [5, 5.41) is 6.99. The first-order valence-corrected chi connectivity index (χ1v) is 9.13. The van der Waals surface area contributed by atoms with Crippen LogP contribution in [-0.2, 0) is 6.54 Å². The molecule has 1 aromatic rings. The van der Waals surface area contributed by atoms with Gasteiger partial charge in [-0.1, -0.05) is 37.3 Å². The Balaban J connectivity index is 0.00000312. The number of hydrogen-bond acceptors (Lipinski definition) is 3. The molecule has 0 atom stereocenters. The van der Waals surface area contributed by atoms with E-state index < -0.39 is 0 Å². The van der Waals surface area contributed by atoms with E-state index in [1.807, 2.05) is 7.05 Å². The van der Waals surface area contributed by atoms with Gasteiger partial charge in [0.2, 0.25) is 0 Å². The van der Waals surface area contributed by atoms with Crippen molar-refractivity contribution in [1.82, 2.24) is 20.4 Å². The van der Waals surface area contributed by atoms with Crippen molar-refractivity contribution in [2.24, 2.45) is 4.99 Å². The normalized spacial score (nSPS) is 16.6. The first-order valence-electron chi connectivity index (χ1n) is 9.13. The van der Waals surface area contributed by atoms with E-state index in [2.05, 4.69) is 69.7 Å². The number of nitrogens with one attached hydrogen (secondary N) is 2. The molecule has 1 aromatic carbocycles. The van der Waals surface area contributed by atoms with Gasteiger partial charge >= 0.3 is 0 Å². The number of likely N-dealkylation sites (tertiary alicyclic amines) is 1. The second kappa shape index (κ2) is 12.5. The Bertz CT molecular complexity index is 486. The van der Waals surface area contributed by atoms with Gasteiger partial charge in [-0.15, -0.1) is 24.0 Å². The van der Waals surface area contributed by atoms with Crippen molar-refractivity contribution >= 4 is 29.9 Å². The molecule has 2 N–H and O–H groups in total. The van der Waals surface area contributed by atoms with Crippen LogP contribution in [0.15, 0.2) is 35.3 Å². The second-order valence-electron chi connectivity index (χ2n) is 6.58. The highest BCUT2D eigenvalue weighted by molar-refractivity contribution is 14.0. The lowest BCUT2D eigenvalue weighted by Gasteiger charge is -2.33. The summed E-state index contributed by atoms with van der Waals surface area (Å²) in [7, 11) is 3.99. The average Bonchev–Trinajstić information content (AvgIpc) is 2.63. The van der Waals surface area contributed by atoms with Crippen LogP contribution < -0.4 is 10.6 Å². The smallest absolute Gasteiger partial charge is 0.191 e. The van der Waals surface area contributed by atoms with Crippen LogP contribution in [0.1, 0.15) is 25.3 Å². The molecular weight excluding hydrogens is 425 g/mol. The predicted molar refractivity (Wildman–Crippen MR) is 118 cm³/mol. The summed E-state index contributed by atoms with van der Waals surface area (Å²) in [6, 6.07) is 11.3. The molecule has 25 heavy (non-hydrogen) atoms. The van der Waals surface area contributed by atoms with Gasteiger partial charge in [0.25, 0.3) is 0 Å². The number of benzene rings is 1. The zero-order valence-electron chi connectivity index (χ0n) is 15.9. The summed E-state index contributed by atoms with van der Waals surface area (Å²) in [5.74, 6) is 0.931. The van der Waals surface area contributed by atoms with Crippen LogP contribution in [0.3, 0.4) is 0 Å². The zero-order valence-corrected chi connectivity index (χ0v) is 18.2. The van der Waals surface area contributed by atoms with E-state index in [0.717, 1.165) is 45.2 Å². The van der Waals surface area contributed by atoms with Crippen molar-refractivity contribution in [3.05, 3.63) is 35.9 Å². The van der Waals surface area contributed by atoms with Gasteiger partial charge in [0.05, 0.1) is 0 Å². The van der Waals surface area contributed by atoms with Gasteiger partial charge in [0.1, 0.15) is 0 Å². The lowest BCUT2D eigenvalue weighted by atomic mass is 10.0. The average molecular weight is 459 g/mol. The molecule has 1 heterocycles. The third-order valence-corrected chi connectivity index (χ3v) is 4.73. The highest BCUT2D eigenvalue weighted by Gasteiger charge is 2.19. The Morgan fingerprint density at radius 1 is 1.24 bits per heavy atom. The fraction of sp³-hybridized carbons (Fsp3) is 0.632. The molecule has 0 aliphatic carbocycles. The van der Waals surface area contributed by atoms with Gasteiger partial charge in [-0.3, -0.25) is 9.89 Å². The summed E-state index contributed by atoms with van der Waals surface area (Å²) >= 11 is 0. The third-order valence-electron chi connectivity index (χ3n) is 4.73. The Morgan fingerprint density at radius 3 is 2.52 bits per heavy atom. The van der Waals surface area contributed by atoms with E-state index in [-0.39, 0.29) is 24.0 Å². The van der Waals surface area contributed by atoms with E-state index in [9.17, 15) is 0 Å². The fourth-order valence-corrected chi connectivity index (χ4v) is 2.99. The minimum Gasteiger partial charge on any atom is -0.355 e. The molecule has 0 amide bonds. The molecule has 0 saturated carbocycles. The maximum Gasteiger partial charge on any atom is 0.191 e. The van der Waals surface area contributed by atoms with Crippen LogP contribution in [-0.4, -0.2) is 68.6 Å². The second-order valence-corrected chi connectivity index (χ2v) is 6.58. The number of guanidine groups is 1. The van der Waals surface area contributed by atoms with Crippen LogP contribution in [0.4, 0.5) is 0 Å². The van der Waals surface area contributed by atoms with Crippen molar-refractivity contribution in [2.75, 3.05) is 46.8 Å². The molecule has 0 bridgehead atoms. The number of piperidine rings is 1. The van der Waals surface area contributed by atoms with Gasteiger partial charge in [0.15, 0.2) is 5.96 Å². The number of nitrogens with zero attached hydrogens (tertiary/aromatic N) is 3. The molecule has 142 valence electrons. The molecule has 1 saturated heterocycles. The SMILES string of the molecule is CCN(C)CCNC(=NC)NC1CCN(Cc2ccccc2)CC1.I. The molecule has 0 spiro atoms. The molecule has 1 aliphatic heterocycles. The van der Waals surface area contributed by atoms with Crippen LogP contribution in [0.5, 0.6) is 0 Å². The summed E-state index contributed by atoms with van der Waals surface area (Å²) in [6.07, 6.45) is 2.34. The number of rotatable bonds is 7.